The summed E-state index contributed by atoms with van der Waals surface area (Å²) in [6.45, 7) is 7.17. The average Bonchev–Trinajstić information content (AvgIpc) is 3.18. The summed E-state index contributed by atoms with van der Waals surface area (Å²) in [6.07, 6.45) is 2.29. The Morgan fingerprint density at radius 2 is 1.71 bits per heavy atom. The van der Waals surface area contributed by atoms with Gasteiger partial charge >= 0.3 is 0 Å². The highest BCUT2D eigenvalue weighted by Crippen LogP contribution is 2.24. The number of aryl methyl sites for hydroxylation is 1. The molecule has 148 valence electrons. The molecule has 1 atom stereocenters. The molecule has 2 aromatic carbocycles. The Morgan fingerprint density at radius 3 is 2.32 bits per heavy atom. The minimum atomic E-state index is 0.229. The standard InChI is InChI=1S/C23H29N3O2/c1-5-6-17-7-9-18(10-8-17)22(16(2)3)24-15-21-25-26-23(28-21)19-11-13-20(27-4)14-12-19/h7-14,16,22,24H,5-6,15H2,1-4H3. The molecular weight excluding hydrogens is 350 g/mol. The summed E-state index contributed by atoms with van der Waals surface area (Å²) in [5.41, 5.74) is 3.55. The van der Waals surface area contributed by atoms with E-state index in [9.17, 15) is 0 Å². The van der Waals surface area contributed by atoms with Gasteiger partial charge in [0.2, 0.25) is 11.8 Å². The van der Waals surface area contributed by atoms with Gasteiger partial charge in [0.15, 0.2) is 0 Å². The van der Waals surface area contributed by atoms with Gasteiger partial charge in [-0.1, -0.05) is 51.5 Å². The Kier molecular flexibility index (Phi) is 6.82. The molecule has 1 unspecified atom stereocenters. The van der Waals surface area contributed by atoms with Crippen molar-refractivity contribution in [2.75, 3.05) is 7.11 Å². The van der Waals surface area contributed by atoms with Crippen molar-refractivity contribution in [1.29, 1.82) is 0 Å². The second-order valence-electron chi connectivity index (χ2n) is 7.32. The number of rotatable bonds is 9. The number of methoxy groups -OCH3 is 1. The Labute approximate surface area is 167 Å². The molecular formula is C23H29N3O2. The van der Waals surface area contributed by atoms with E-state index < -0.39 is 0 Å². The predicted octanol–water partition coefficient (Wildman–Crippen LogP) is 5.18. The maximum absolute atomic E-state index is 5.83. The summed E-state index contributed by atoms with van der Waals surface area (Å²) in [6, 6.07) is 16.7. The van der Waals surface area contributed by atoms with Crippen LogP contribution in [0, 0.1) is 5.92 Å². The van der Waals surface area contributed by atoms with Crippen molar-refractivity contribution < 1.29 is 9.15 Å². The molecule has 3 rings (SSSR count). The SMILES string of the molecule is CCCc1ccc(C(NCc2nnc(-c3ccc(OC)cc3)o2)C(C)C)cc1. The van der Waals surface area contributed by atoms with Crippen molar-refractivity contribution in [3.63, 3.8) is 0 Å². The van der Waals surface area contributed by atoms with Gasteiger partial charge in [-0.15, -0.1) is 10.2 Å². The number of ether oxygens (including phenoxy) is 1. The van der Waals surface area contributed by atoms with Gasteiger partial charge in [-0.05, 0) is 47.7 Å². The lowest BCUT2D eigenvalue weighted by molar-refractivity contribution is 0.380. The van der Waals surface area contributed by atoms with Crippen LogP contribution in [0.2, 0.25) is 0 Å². The zero-order valence-electron chi connectivity index (χ0n) is 17.1. The van der Waals surface area contributed by atoms with E-state index in [1.165, 1.54) is 17.5 Å². The van der Waals surface area contributed by atoms with Crippen LogP contribution >= 0.6 is 0 Å². The highest BCUT2D eigenvalue weighted by Gasteiger charge is 2.17. The molecule has 3 aromatic rings. The monoisotopic (exact) mass is 379 g/mol. The molecule has 0 fully saturated rings. The quantitative estimate of drug-likeness (QED) is 0.555. The second-order valence-corrected chi connectivity index (χ2v) is 7.32. The molecule has 1 N–H and O–H groups in total. The van der Waals surface area contributed by atoms with Gasteiger partial charge in [0, 0.05) is 11.6 Å². The van der Waals surface area contributed by atoms with E-state index in [2.05, 4.69) is 60.6 Å². The van der Waals surface area contributed by atoms with Gasteiger partial charge in [-0.25, -0.2) is 0 Å². The molecule has 1 aromatic heterocycles. The zero-order valence-corrected chi connectivity index (χ0v) is 17.1. The number of nitrogens with one attached hydrogen (secondary N) is 1. The van der Waals surface area contributed by atoms with Gasteiger partial charge in [-0.3, -0.25) is 0 Å². The molecule has 0 aliphatic rings. The molecule has 0 amide bonds. The Balaban J connectivity index is 1.66. The lowest BCUT2D eigenvalue weighted by Gasteiger charge is -2.22. The minimum Gasteiger partial charge on any atom is -0.497 e. The van der Waals surface area contributed by atoms with E-state index in [-0.39, 0.29) is 6.04 Å². The predicted molar refractivity (Wildman–Crippen MR) is 111 cm³/mol. The minimum absolute atomic E-state index is 0.229. The molecule has 0 saturated heterocycles. The fourth-order valence-electron chi connectivity index (χ4n) is 3.29. The van der Waals surface area contributed by atoms with Crippen LogP contribution in [0.3, 0.4) is 0 Å². The van der Waals surface area contributed by atoms with Crippen LogP contribution in [0.15, 0.2) is 52.9 Å². The Morgan fingerprint density at radius 1 is 1.00 bits per heavy atom. The van der Waals surface area contributed by atoms with Gasteiger partial charge < -0.3 is 14.5 Å². The van der Waals surface area contributed by atoms with Crippen molar-refractivity contribution in [2.45, 2.75) is 46.2 Å². The Hall–Kier alpha value is -2.66. The molecule has 0 aliphatic heterocycles. The van der Waals surface area contributed by atoms with Crippen LogP contribution in [-0.4, -0.2) is 17.3 Å². The fraction of sp³-hybridized carbons (Fsp3) is 0.391. The van der Waals surface area contributed by atoms with Crippen LogP contribution in [0.1, 0.15) is 50.3 Å². The van der Waals surface area contributed by atoms with Crippen LogP contribution in [0.25, 0.3) is 11.5 Å². The molecule has 0 saturated carbocycles. The lowest BCUT2D eigenvalue weighted by atomic mass is 9.94. The first-order valence-corrected chi connectivity index (χ1v) is 9.89. The first kappa shape index (κ1) is 20.1. The third-order valence-electron chi connectivity index (χ3n) is 4.82. The summed E-state index contributed by atoms with van der Waals surface area (Å²) in [5, 5.41) is 11.9. The second kappa shape index (κ2) is 9.51. The third kappa shape index (κ3) is 4.98. The van der Waals surface area contributed by atoms with E-state index >= 15 is 0 Å². The van der Waals surface area contributed by atoms with Gasteiger partial charge in [0.05, 0.1) is 13.7 Å². The molecule has 0 spiro atoms. The van der Waals surface area contributed by atoms with Gasteiger partial charge in [0.1, 0.15) is 5.75 Å². The lowest BCUT2D eigenvalue weighted by Crippen LogP contribution is -2.25. The maximum atomic E-state index is 5.83. The van der Waals surface area contributed by atoms with Crippen molar-refractivity contribution in [1.82, 2.24) is 15.5 Å². The van der Waals surface area contributed by atoms with Crippen molar-refractivity contribution in [3.8, 4) is 17.2 Å². The third-order valence-corrected chi connectivity index (χ3v) is 4.82. The topological polar surface area (TPSA) is 60.2 Å². The number of hydrogen-bond donors (Lipinski definition) is 1. The molecule has 5 heteroatoms. The van der Waals surface area contributed by atoms with Gasteiger partial charge in [-0.2, -0.15) is 0 Å². The first-order chi connectivity index (χ1) is 13.6. The summed E-state index contributed by atoms with van der Waals surface area (Å²) < 4.78 is 11.0. The van der Waals surface area contributed by atoms with E-state index in [1.54, 1.807) is 7.11 Å². The summed E-state index contributed by atoms with van der Waals surface area (Å²) in [7, 11) is 1.65. The summed E-state index contributed by atoms with van der Waals surface area (Å²) in [4.78, 5) is 0. The molecule has 5 nitrogen and oxygen atoms in total. The smallest absolute Gasteiger partial charge is 0.247 e. The highest BCUT2D eigenvalue weighted by atomic mass is 16.5. The molecule has 28 heavy (non-hydrogen) atoms. The van der Waals surface area contributed by atoms with E-state index in [0.717, 1.165) is 17.7 Å². The molecule has 0 aliphatic carbocycles. The van der Waals surface area contributed by atoms with Crippen LogP contribution in [0.4, 0.5) is 0 Å². The van der Waals surface area contributed by atoms with E-state index in [0.29, 0.717) is 24.2 Å². The largest absolute Gasteiger partial charge is 0.497 e. The van der Waals surface area contributed by atoms with Crippen molar-refractivity contribution in [3.05, 3.63) is 65.5 Å². The average molecular weight is 380 g/mol. The summed E-state index contributed by atoms with van der Waals surface area (Å²) >= 11 is 0. The van der Waals surface area contributed by atoms with E-state index in [1.807, 2.05) is 24.3 Å². The van der Waals surface area contributed by atoms with E-state index in [4.69, 9.17) is 9.15 Å². The normalized spacial score (nSPS) is 12.3. The number of nitrogens with zero attached hydrogens (tertiary/aromatic N) is 2. The van der Waals surface area contributed by atoms with Crippen molar-refractivity contribution in [2.24, 2.45) is 5.92 Å². The van der Waals surface area contributed by atoms with Crippen LogP contribution in [-0.2, 0) is 13.0 Å². The zero-order chi connectivity index (χ0) is 19.9. The maximum Gasteiger partial charge on any atom is 0.247 e. The highest BCUT2D eigenvalue weighted by molar-refractivity contribution is 5.53. The number of hydrogen-bond acceptors (Lipinski definition) is 5. The molecule has 0 bridgehead atoms. The van der Waals surface area contributed by atoms with Crippen LogP contribution < -0.4 is 10.1 Å². The molecule has 0 radical (unpaired) electrons. The number of benzene rings is 2. The molecule has 1 heterocycles. The Bertz CT molecular complexity index is 854. The summed E-state index contributed by atoms with van der Waals surface area (Å²) in [5.74, 6) is 2.35. The first-order valence-electron chi connectivity index (χ1n) is 9.89. The van der Waals surface area contributed by atoms with Crippen molar-refractivity contribution >= 4 is 0 Å². The van der Waals surface area contributed by atoms with Gasteiger partial charge in [0.25, 0.3) is 0 Å². The van der Waals surface area contributed by atoms with Crippen LogP contribution in [0.5, 0.6) is 5.75 Å². The number of aromatic nitrogens is 2. The fourth-order valence-corrected chi connectivity index (χ4v) is 3.29.